The van der Waals surface area contributed by atoms with Crippen molar-refractivity contribution in [1.82, 2.24) is 9.88 Å². The third kappa shape index (κ3) is 3.05. The summed E-state index contributed by atoms with van der Waals surface area (Å²) in [5, 5.41) is 14.2. The Morgan fingerprint density at radius 2 is 2.00 bits per heavy atom. The molecule has 0 aliphatic heterocycles. The molecule has 1 amide bonds. The lowest BCUT2D eigenvalue weighted by Gasteiger charge is -2.15. The summed E-state index contributed by atoms with van der Waals surface area (Å²) in [6, 6.07) is 13.5. The van der Waals surface area contributed by atoms with Crippen molar-refractivity contribution >= 4 is 27.3 Å². The molecule has 0 saturated carbocycles. The van der Waals surface area contributed by atoms with E-state index in [1.807, 2.05) is 66.3 Å². The molecule has 0 aliphatic carbocycles. The first kappa shape index (κ1) is 14.8. The normalized spacial score (nSPS) is 13.9. The summed E-state index contributed by atoms with van der Waals surface area (Å²) >= 11 is 1.56. The fourth-order valence-electron chi connectivity index (χ4n) is 2.35. The van der Waals surface area contributed by atoms with Gasteiger partial charge in [0.15, 0.2) is 0 Å². The minimum Gasteiger partial charge on any atom is -0.386 e. The standard InChI is InChI=1S/C17H18N2O2S/c1-12(19-8-4-5-9-19)17(21)18-11-14(20)16-10-13-6-2-3-7-15(13)22-16/h2-10,12,14,20H,11H2,1H3,(H,18,21). The number of aromatic nitrogens is 1. The van der Waals surface area contributed by atoms with E-state index >= 15 is 0 Å². The number of benzene rings is 1. The van der Waals surface area contributed by atoms with Gasteiger partial charge in [0.2, 0.25) is 5.91 Å². The van der Waals surface area contributed by atoms with Gasteiger partial charge < -0.3 is 15.0 Å². The zero-order valence-corrected chi connectivity index (χ0v) is 13.1. The van der Waals surface area contributed by atoms with Gasteiger partial charge in [-0.05, 0) is 36.6 Å². The Bertz CT molecular complexity index is 731. The quantitative estimate of drug-likeness (QED) is 0.760. The molecule has 2 atom stereocenters. The van der Waals surface area contributed by atoms with E-state index in [4.69, 9.17) is 0 Å². The molecule has 0 fully saturated rings. The Hall–Kier alpha value is -2.11. The minimum atomic E-state index is -0.682. The van der Waals surface area contributed by atoms with E-state index in [2.05, 4.69) is 5.32 Å². The number of carbonyl (C=O) groups excluding carboxylic acids is 1. The van der Waals surface area contributed by atoms with Crippen LogP contribution in [0.15, 0.2) is 54.9 Å². The highest BCUT2D eigenvalue weighted by Crippen LogP contribution is 2.29. The van der Waals surface area contributed by atoms with Crippen LogP contribution in [0.25, 0.3) is 10.1 Å². The monoisotopic (exact) mass is 314 g/mol. The van der Waals surface area contributed by atoms with Crippen LogP contribution in [0.3, 0.4) is 0 Å². The van der Waals surface area contributed by atoms with Crippen molar-refractivity contribution in [2.24, 2.45) is 0 Å². The van der Waals surface area contributed by atoms with Crippen molar-refractivity contribution in [1.29, 1.82) is 0 Å². The first-order valence-electron chi connectivity index (χ1n) is 7.22. The summed E-state index contributed by atoms with van der Waals surface area (Å²) < 4.78 is 2.98. The predicted molar refractivity (Wildman–Crippen MR) is 88.9 cm³/mol. The smallest absolute Gasteiger partial charge is 0.242 e. The van der Waals surface area contributed by atoms with Crippen LogP contribution in [-0.4, -0.2) is 22.1 Å². The topological polar surface area (TPSA) is 54.3 Å². The van der Waals surface area contributed by atoms with E-state index in [0.717, 1.165) is 15.0 Å². The molecule has 0 bridgehead atoms. The highest BCUT2D eigenvalue weighted by atomic mass is 32.1. The number of carbonyl (C=O) groups is 1. The van der Waals surface area contributed by atoms with Crippen molar-refractivity contribution in [3.63, 3.8) is 0 Å². The Kier molecular flexibility index (Phi) is 4.27. The molecule has 1 aromatic carbocycles. The third-order valence-electron chi connectivity index (χ3n) is 3.70. The Morgan fingerprint density at radius 3 is 2.73 bits per heavy atom. The molecule has 0 spiro atoms. The fourth-order valence-corrected chi connectivity index (χ4v) is 3.40. The van der Waals surface area contributed by atoms with Crippen LogP contribution in [0.1, 0.15) is 23.9 Å². The van der Waals surface area contributed by atoms with Crippen LogP contribution in [0.5, 0.6) is 0 Å². The van der Waals surface area contributed by atoms with Gasteiger partial charge >= 0.3 is 0 Å². The number of hydrogen-bond donors (Lipinski definition) is 2. The number of thiophene rings is 1. The maximum atomic E-state index is 12.1. The van der Waals surface area contributed by atoms with Crippen LogP contribution < -0.4 is 5.32 Å². The molecule has 2 heterocycles. The number of rotatable bonds is 5. The summed E-state index contributed by atoms with van der Waals surface area (Å²) in [7, 11) is 0. The van der Waals surface area contributed by atoms with Gasteiger partial charge in [-0.25, -0.2) is 0 Å². The van der Waals surface area contributed by atoms with E-state index in [1.54, 1.807) is 11.3 Å². The SMILES string of the molecule is CC(C(=O)NCC(O)c1cc2ccccc2s1)n1cccc1. The summed E-state index contributed by atoms with van der Waals surface area (Å²) in [4.78, 5) is 13.0. The predicted octanol–water partition coefficient (Wildman–Crippen LogP) is 3.11. The average molecular weight is 314 g/mol. The third-order valence-corrected chi connectivity index (χ3v) is 4.91. The lowest BCUT2D eigenvalue weighted by Crippen LogP contribution is -2.33. The molecule has 5 heteroatoms. The second-order valence-corrected chi connectivity index (χ2v) is 6.37. The Balaban J connectivity index is 1.62. The van der Waals surface area contributed by atoms with E-state index in [0.29, 0.717) is 0 Å². The number of amides is 1. The van der Waals surface area contributed by atoms with Crippen molar-refractivity contribution in [3.8, 4) is 0 Å². The lowest BCUT2D eigenvalue weighted by molar-refractivity contribution is -0.124. The van der Waals surface area contributed by atoms with Gasteiger partial charge in [-0.1, -0.05) is 18.2 Å². The number of fused-ring (bicyclic) bond motifs is 1. The summed E-state index contributed by atoms with van der Waals surface area (Å²) in [6.07, 6.45) is 3.03. The van der Waals surface area contributed by atoms with Crippen molar-refractivity contribution < 1.29 is 9.90 Å². The summed E-state index contributed by atoms with van der Waals surface area (Å²) in [6.45, 7) is 2.05. The van der Waals surface area contributed by atoms with Crippen LogP contribution in [0, 0.1) is 0 Å². The highest BCUT2D eigenvalue weighted by Gasteiger charge is 2.17. The van der Waals surface area contributed by atoms with Crippen molar-refractivity contribution in [3.05, 3.63) is 59.7 Å². The minimum absolute atomic E-state index is 0.101. The summed E-state index contributed by atoms with van der Waals surface area (Å²) in [5.41, 5.74) is 0. The van der Waals surface area contributed by atoms with Gasteiger partial charge in [0.05, 0.1) is 0 Å². The molecular weight excluding hydrogens is 296 g/mol. The molecule has 3 rings (SSSR count). The molecule has 2 N–H and O–H groups in total. The van der Waals surface area contributed by atoms with E-state index < -0.39 is 6.10 Å². The number of aliphatic hydroxyl groups excluding tert-OH is 1. The molecule has 4 nitrogen and oxygen atoms in total. The van der Waals surface area contributed by atoms with Gasteiger partial charge in [-0.3, -0.25) is 4.79 Å². The van der Waals surface area contributed by atoms with Gasteiger partial charge in [0.25, 0.3) is 0 Å². The van der Waals surface area contributed by atoms with Gasteiger partial charge in [-0.15, -0.1) is 11.3 Å². The summed E-state index contributed by atoms with van der Waals surface area (Å²) in [5.74, 6) is -0.101. The highest BCUT2D eigenvalue weighted by molar-refractivity contribution is 7.19. The molecule has 3 aromatic rings. The molecule has 22 heavy (non-hydrogen) atoms. The van der Waals surface area contributed by atoms with E-state index in [-0.39, 0.29) is 18.5 Å². The second-order valence-electron chi connectivity index (χ2n) is 5.25. The van der Waals surface area contributed by atoms with Gasteiger partial charge in [0.1, 0.15) is 12.1 Å². The number of aliphatic hydroxyl groups is 1. The average Bonchev–Trinajstić information content (AvgIpc) is 3.20. The molecule has 2 aromatic heterocycles. The van der Waals surface area contributed by atoms with Crippen molar-refractivity contribution in [2.45, 2.75) is 19.1 Å². The maximum absolute atomic E-state index is 12.1. The molecule has 114 valence electrons. The molecular formula is C17H18N2O2S. The molecule has 2 unspecified atom stereocenters. The second kappa shape index (κ2) is 6.34. The number of nitrogens with one attached hydrogen (secondary N) is 1. The Morgan fingerprint density at radius 1 is 1.27 bits per heavy atom. The molecule has 0 saturated heterocycles. The fraction of sp³-hybridized carbons (Fsp3) is 0.235. The van der Waals surface area contributed by atoms with Crippen molar-refractivity contribution in [2.75, 3.05) is 6.54 Å². The lowest BCUT2D eigenvalue weighted by atomic mass is 10.2. The number of nitrogens with zero attached hydrogens (tertiary/aromatic N) is 1. The van der Waals surface area contributed by atoms with Gasteiger partial charge in [0, 0.05) is 28.5 Å². The van der Waals surface area contributed by atoms with Crippen LogP contribution >= 0.6 is 11.3 Å². The zero-order chi connectivity index (χ0) is 15.5. The van der Waals surface area contributed by atoms with Crippen LogP contribution in [-0.2, 0) is 4.79 Å². The first-order valence-corrected chi connectivity index (χ1v) is 8.03. The molecule has 0 aliphatic rings. The van der Waals surface area contributed by atoms with Gasteiger partial charge in [-0.2, -0.15) is 0 Å². The van der Waals surface area contributed by atoms with E-state index in [1.165, 1.54) is 0 Å². The maximum Gasteiger partial charge on any atom is 0.242 e. The number of hydrogen-bond acceptors (Lipinski definition) is 3. The van der Waals surface area contributed by atoms with E-state index in [9.17, 15) is 9.90 Å². The largest absolute Gasteiger partial charge is 0.386 e. The van der Waals surface area contributed by atoms with Crippen LogP contribution in [0.2, 0.25) is 0 Å². The van der Waals surface area contributed by atoms with Crippen LogP contribution in [0.4, 0.5) is 0 Å². The zero-order valence-electron chi connectivity index (χ0n) is 12.3. The Labute approximate surface area is 133 Å². The molecule has 0 radical (unpaired) electrons. The first-order chi connectivity index (χ1) is 10.6.